The van der Waals surface area contributed by atoms with Crippen LogP contribution in [-0.2, 0) is 15.6 Å². The van der Waals surface area contributed by atoms with Crippen LogP contribution in [0.25, 0.3) is 0 Å². The summed E-state index contributed by atoms with van der Waals surface area (Å²) < 4.78 is 24.9. The molecule has 2 aliphatic carbocycles. The number of hydrogen-bond donors (Lipinski definition) is 0. The molecule has 19 heavy (non-hydrogen) atoms. The molecular weight excluding hydrogens is 286 g/mol. The molecule has 1 aromatic heterocycles. The molecule has 2 fully saturated rings. The maximum atomic E-state index is 11.6. The Labute approximate surface area is 117 Å². The highest BCUT2D eigenvalue weighted by molar-refractivity contribution is 8.13. The number of rotatable bonds is 4. The first-order chi connectivity index (χ1) is 8.89. The van der Waals surface area contributed by atoms with Crippen molar-refractivity contribution in [2.75, 3.05) is 0 Å². The maximum absolute atomic E-state index is 11.6. The van der Waals surface area contributed by atoms with Crippen LogP contribution in [0.2, 0.25) is 0 Å². The van der Waals surface area contributed by atoms with Crippen LogP contribution in [-0.4, -0.2) is 23.2 Å². The molecule has 2 unspecified atom stereocenters. The lowest BCUT2D eigenvalue weighted by Gasteiger charge is -2.12. The molecule has 0 aromatic carbocycles. The van der Waals surface area contributed by atoms with Crippen LogP contribution in [0.1, 0.15) is 44.9 Å². The summed E-state index contributed by atoms with van der Waals surface area (Å²) >= 11 is 0. The SMILES string of the molecule is CC(C)Cn1c(C2C3CCCC32)nnc1S(=O)(=O)Cl. The normalized spacial score (nSPS) is 29.8. The molecule has 0 bridgehead atoms. The van der Waals surface area contributed by atoms with E-state index in [0.29, 0.717) is 30.2 Å². The average molecular weight is 304 g/mol. The molecule has 1 aromatic rings. The van der Waals surface area contributed by atoms with Gasteiger partial charge in [0.25, 0.3) is 14.2 Å². The Morgan fingerprint density at radius 2 is 1.95 bits per heavy atom. The minimum absolute atomic E-state index is 0.0946. The summed E-state index contributed by atoms with van der Waals surface area (Å²) in [6.45, 7) is 4.68. The van der Waals surface area contributed by atoms with E-state index >= 15 is 0 Å². The van der Waals surface area contributed by atoms with Crippen LogP contribution >= 0.6 is 10.7 Å². The van der Waals surface area contributed by atoms with Crippen LogP contribution in [0.3, 0.4) is 0 Å². The van der Waals surface area contributed by atoms with Gasteiger partial charge in [-0.25, -0.2) is 8.42 Å². The van der Waals surface area contributed by atoms with Crippen molar-refractivity contribution >= 4 is 19.7 Å². The van der Waals surface area contributed by atoms with Gasteiger partial charge in [0.15, 0.2) is 0 Å². The van der Waals surface area contributed by atoms with Crippen LogP contribution in [0.4, 0.5) is 0 Å². The fourth-order valence-corrected chi connectivity index (χ4v) is 4.38. The standard InChI is InChI=1S/C12H18ClN3O2S/c1-7(2)6-16-11(10-8-4-3-5-9(8)10)14-15-12(16)19(13,17)18/h7-10H,3-6H2,1-2H3. The molecule has 0 aliphatic heterocycles. The summed E-state index contributed by atoms with van der Waals surface area (Å²) in [4.78, 5) is 0. The zero-order valence-corrected chi connectivity index (χ0v) is 12.7. The molecule has 1 heterocycles. The number of hydrogen-bond acceptors (Lipinski definition) is 4. The van der Waals surface area contributed by atoms with Gasteiger partial charge in [0.2, 0.25) is 0 Å². The quantitative estimate of drug-likeness (QED) is 0.801. The lowest BCUT2D eigenvalue weighted by Crippen LogP contribution is -2.13. The Balaban J connectivity index is 1.98. The van der Waals surface area contributed by atoms with Gasteiger partial charge in [-0.2, -0.15) is 0 Å². The second-order valence-corrected chi connectivity index (χ2v) is 8.53. The Morgan fingerprint density at radius 3 is 2.47 bits per heavy atom. The van der Waals surface area contributed by atoms with Crippen molar-refractivity contribution in [3.05, 3.63) is 5.82 Å². The second kappa shape index (κ2) is 4.45. The van der Waals surface area contributed by atoms with Crippen molar-refractivity contribution in [1.29, 1.82) is 0 Å². The monoisotopic (exact) mass is 303 g/mol. The lowest BCUT2D eigenvalue weighted by atomic mass is 10.1. The van der Waals surface area contributed by atoms with Gasteiger partial charge >= 0.3 is 0 Å². The molecule has 3 rings (SSSR count). The van der Waals surface area contributed by atoms with Gasteiger partial charge in [-0.05, 0) is 30.6 Å². The smallest absolute Gasteiger partial charge is 0.296 e. The molecule has 0 spiro atoms. The van der Waals surface area contributed by atoms with Crippen molar-refractivity contribution in [1.82, 2.24) is 14.8 Å². The number of fused-ring (bicyclic) bond motifs is 1. The highest BCUT2D eigenvalue weighted by Crippen LogP contribution is 2.62. The second-order valence-electron chi connectivity index (χ2n) is 6.07. The molecule has 2 atom stereocenters. The predicted octanol–water partition coefficient (Wildman–Crippen LogP) is 2.38. The van der Waals surface area contributed by atoms with Gasteiger partial charge in [0.1, 0.15) is 5.82 Å². The van der Waals surface area contributed by atoms with Crippen LogP contribution in [0.5, 0.6) is 0 Å². The first-order valence-electron chi connectivity index (χ1n) is 6.77. The molecule has 0 radical (unpaired) electrons. The van der Waals surface area contributed by atoms with Crippen molar-refractivity contribution in [3.8, 4) is 0 Å². The minimum Gasteiger partial charge on any atom is -0.300 e. The summed E-state index contributed by atoms with van der Waals surface area (Å²) in [6, 6.07) is 0. The van der Waals surface area contributed by atoms with E-state index in [1.54, 1.807) is 4.57 Å². The molecule has 0 N–H and O–H groups in total. The predicted molar refractivity (Wildman–Crippen MR) is 71.5 cm³/mol. The lowest BCUT2D eigenvalue weighted by molar-refractivity contribution is 0.465. The average Bonchev–Trinajstić information content (AvgIpc) is 2.69. The van der Waals surface area contributed by atoms with E-state index in [-0.39, 0.29) is 5.16 Å². The summed E-state index contributed by atoms with van der Waals surface area (Å²) in [5.74, 6) is 2.90. The van der Waals surface area contributed by atoms with Crippen LogP contribution in [0, 0.1) is 17.8 Å². The van der Waals surface area contributed by atoms with Crippen molar-refractivity contribution in [2.45, 2.75) is 50.7 Å². The number of halogens is 1. The Morgan fingerprint density at radius 1 is 1.32 bits per heavy atom. The van der Waals surface area contributed by atoms with Crippen LogP contribution < -0.4 is 0 Å². The third kappa shape index (κ3) is 2.29. The van der Waals surface area contributed by atoms with Crippen molar-refractivity contribution in [3.63, 3.8) is 0 Å². The van der Waals surface area contributed by atoms with Crippen LogP contribution in [0.15, 0.2) is 5.16 Å². The van der Waals surface area contributed by atoms with Gasteiger partial charge in [0, 0.05) is 23.1 Å². The van der Waals surface area contributed by atoms with Gasteiger partial charge in [-0.1, -0.05) is 20.3 Å². The molecule has 7 heteroatoms. The van der Waals surface area contributed by atoms with Gasteiger partial charge < -0.3 is 4.57 Å². The minimum atomic E-state index is -3.83. The van der Waals surface area contributed by atoms with Gasteiger partial charge in [-0.15, -0.1) is 10.2 Å². The highest BCUT2D eigenvalue weighted by atomic mass is 35.7. The molecule has 5 nitrogen and oxygen atoms in total. The van der Waals surface area contributed by atoms with E-state index in [4.69, 9.17) is 10.7 Å². The third-order valence-electron chi connectivity index (χ3n) is 4.22. The topological polar surface area (TPSA) is 64.8 Å². The molecule has 2 saturated carbocycles. The Kier molecular flexibility index (Phi) is 3.13. The zero-order chi connectivity index (χ0) is 13.8. The van der Waals surface area contributed by atoms with E-state index in [1.807, 2.05) is 13.8 Å². The molecule has 0 amide bonds. The maximum Gasteiger partial charge on any atom is 0.296 e. The van der Waals surface area contributed by atoms with E-state index in [1.165, 1.54) is 19.3 Å². The first-order valence-corrected chi connectivity index (χ1v) is 9.08. The van der Waals surface area contributed by atoms with Crippen molar-refractivity contribution < 1.29 is 8.42 Å². The van der Waals surface area contributed by atoms with Gasteiger partial charge in [-0.3, -0.25) is 0 Å². The Hall–Kier alpha value is -0.620. The zero-order valence-electron chi connectivity index (χ0n) is 11.1. The van der Waals surface area contributed by atoms with Crippen molar-refractivity contribution in [2.24, 2.45) is 17.8 Å². The third-order valence-corrected chi connectivity index (χ3v) is 5.37. The first kappa shape index (κ1) is 13.4. The Bertz CT molecular complexity index is 586. The molecule has 0 saturated heterocycles. The summed E-state index contributed by atoms with van der Waals surface area (Å²) in [5.41, 5.74) is 0. The van der Waals surface area contributed by atoms with Gasteiger partial charge in [0.05, 0.1) is 0 Å². The largest absolute Gasteiger partial charge is 0.300 e. The molecule has 106 valence electrons. The summed E-state index contributed by atoms with van der Waals surface area (Å²) in [7, 11) is 1.63. The fourth-order valence-electron chi connectivity index (χ4n) is 3.47. The van der Waals surface area contributed by atoms with E-state index < -0.39 is 9.05 Å². The molecule has 2 aliphatic rings. The fraction of sp³-hybridized carbons (Fsp3) is 0.833. The number of nitrogens with zero attached hydrogens (tertiary/aromatic N) is 3. The summed E-state index contributed by atoms with van der Waals surface area (Å²) in [6.07, 6.45) is 3.74. The van der Waals surface area contributed by atoms with E-state index in [2.05, 4.69) is 10.2 Å². The van der Waals surface area contributed by atoms with E-state index in [9.17, 15) is 8.42 Å². The summed E-state index contributed by atoms with van der Waals surface area (Å²) in [5, 5.41) is 7.86. The van der Waals surface area contributed by atoms with E-state index in [0.717, 1.165) is 5.82 Å². The number of aromatic nitrogens is 3. The highest BCUT2D eigenvalue weighted by Gasteiger charge is 2.55. The molecular formula is C12H18ClN3O2S.